The fraction of sp³-hybridized carbons (Fsp3) is 1.00. The van der Waals surface area contributed by atoms with Crippen molar-refractivity contribution in [1.82, 2.24) is 0 Å². The highest BCUT2D eigenvalue weighted by atomic mass is 28.5. The summed E-state index contributed by atoms with van der Waals surface area (Å²) in [5.74, 6) is 0. The summed E-state index contributed by atoms with van der Waals surface area (Å²) in [7, 11) is -14.6. The molecular formula is C16H33F9O4Si5. The van der Waals surface area contributed by atoms with Crippen LogP contribution in [0.2, 0.25) is 64.0 Å². The second-order valence-corrected chi connectivity index (χ2v) is 24.2. The van der Waals surface area contributed by atoms with Gasteiger partial charge in [0.1, 0.15) is 0 Å². The highest BCUT2D eigenvalue weighted by Crippen LogP contribution is 2.36. The molecule has 0 rings (SSSR count). The lowest BCUT2D eigenvalue weighted by atomic mass is 10.5. The molecule has 0 aromatic carbocycles. The van der Waals surface area contributed by atoms with Gasteiger partial charge in [0, 0.05) is 32.5 Å². The summed E-state index contributed by atoms with van der Waals surface area (Å²) in [6.07, 6.45) is -17.6. The second-order valence-electron chi connectivity index (χ2n) is 8.97. The van der Waals surface area contributed by atoms with Gasteiger partial charge < -0.3 is 16.1 Å². The highest BCUT2D eigenvalue weighted by molar-refractivity contribution is 6.87. The van der Waals surface area contributed by atoms with E-state index >= 15 is 0 Å². The number of hydrogen-bond acceptors (Lipinski definition) is 3. The quantitative estimate of drug-likeness (QED) is 0.124. The molecule has 0 heterocycles. The van der Waals surface area contributed by atoms with E-state index in [1.54, 1.807) is 26.2 Å². The molecule has 0 bridgehead atoms. The normalized spacial score (nSPS) is 18.9. The molecule has 0 aromatic rings. The molecule has 0 amide bonds. The lowest BCUT2D eigenvalue weighted by Crippen LogP contribution is -2.58. The van der Waals surface area contributed by atoms with Crippen LogP contribution in [0.5, 0.6) is 0 Å². The Morgan fingerprint density at radius 2 is 1.06 bits per heavy atom. The van der Waals surface area contributed by atoms with Crippen molar-refractivity contribution in [2.75, 3.05) is 0 Å². The van der Waals surface area contributed by atoms with Gasteiger partial charge in [-0.3, -0.25) is 0 Å². The van der Waals surface area contributed by atoms with E-state index in [9.17, 15) is 39.5 Å². The van der Waals surface area contributed by atoms with E-state index in [1.165, 1.54) is 19.6 Å². The molecule has 3 atom stereocenters. The predicted octanol–water partition coefficient (Wildman–Crippen LogP) is 7.58. The van der Waals surface area contributed by atoms with Crippen LogP contribution >= 0.6 is 0 Å². The zero-order valence-electron chi connectivity index (χ0n) is 20.3. The molecule has 0 radical (unpaired) electrons. The zero-order valence-corrected chi connectivity index (χ0v) is 25.3. The van der Waals surface area contributed by atoms with E-state index in [4.69, 9.17) is 16.1 Å². The van der Waals surface area contributed by atoms with Crippen molar-refractivity contribution in [2.45, 2.75) is 102 Å². The Kier molecular flexibility index (Phi) is 12.6. The molecule has 0 saturated carbocycles. The van der Waals surface area contributed by atoms with Crippen LogP contribution in [-0.2, 0) is 16.1 Å². The highest BCUT2D eigenvalue weighted by Gasteiger charge is 2.57. The maximum Gasteiger partial charge on any atom is 0.634 e. The first kappa shape index (κ1) is 34.1. The lowest BCUT2D eigenvalue weighted by molar-refractivity contribution is -0.132. The molecule has 4 nitrogen and oxygen atoms in total. The van der Waals surface area contributed by atoms with Crippen LogP contribution in [0, 0.1) is 0 Å². The van der Waals surface area contributed by atoms with Gasteiger partial charge in [-0.2, -0.15) is 52.6 Å². The second kappa shape index (κ2) is 12.6. The largest absolute Gasteiger partial charge is 0.634 e. The third-order valence-corrected chi connectivity index (χ3v) is 21.4. The maximum atomic E-state index is 13.1. The molecule has 3 unspecified atom stereocenters. The maximum absolute atomic E-state index is 13.1. The molecule has 0 saturated heterocycles. The smallest absolute Gasteiger partial charge is 0.610 e. The predicted molar refractivity (Wildman–Crippen MR) is 120 cm³/mol. The first-order chi connectivity index (χ1) is 14.9. The van der Waals surface area contributed by atoms with Crippen LogP contribution in [0.15, 0.2) is 0 Å². The van der Waals surface area contributed by atoms with Crippen molar-refractivity contribution < 1.29 is 55.6 Å². The standard InChI is InChI=1S/C16H33F9O4Si5/c1-30(2)26-32(5,11-8-14(17,18)19)28-34(7,13-10-16(23,24)25)29-33(6,27-31(3)4)12-9-15(20,21)22/h8-13H2,1-7H3. The number of hydrogen-bond donors (Lipinski definition) is 0. The molecule has 0 aliphatic rings. The fourth-order valence-corrected chi connectivity index (χ4v) is 23.8. The summed E-state index contributed by atoms with van der Waals surface area (Å²) in [6.45, 7) is 10.5. The van der Waals surface area contributed by atoms with Gasteiger partial charge in [-0.1, -0.05) is 0 Å². The van der Waals surface area contributed by atoms with Crippen LogP contribution in [0.1, 0.15) is 19.3 Å². The minimum atomic E-state index is -4.62. The third kappa shape index (κ3) is 16.7. The molecule has 18 heteroatoms. The van der Waals surface area contributed by atoms with Crippen LogP contribution in [0.3, 0.4) is 0 Å². The van der Waals surface area contributed by atoms with Crippen molar-refractivity contribution in [3.05, 3.63) is 0 Å². The Bertz CT molecular complexity index is 671. The van der Waals surface area contributed by atoms with Crippen LogP contribution in [0.4, 0.5) is 39.5 Å². The lowest BCUT2D eigenvalue weighted by Gasteiger charge is -2.44. The Morgan fingerprint density at radius 1 is 0.676 bits per heavy atom. The summed E-state index contributed by atoms with van der Waals surface area (Å²) in [5.41, 5.74) is 0. The van der Waals surface area contributed by atoms with E-state index in [0.717, 1.165) is 0 Å². The summed E-state index contributed by atoms with van der Waals surface area (Å²) < 4.78 is 140. The van der Waals surface area contributed by atoms with Crippen molar-refractivity contribution in [1.29, 1.82) is 0 Å². The number of alkyl halides is 9. The van der Waals surface area contributed by atoms with Gasteiger partial charge in [-0.05, 0) is 25.2 Å². The monoisotopic (exact) mass is 600 g/mol. The van der Waals surface area contributed by atoms with Gasteiger partial charge in [0.2, 0.25) is 0 Å². The van der Waals surface area contributed by atoms with E-state index < -0.39 is 99.3 Å². The van der Waals surface area contributed by atoms with Crippen LogP contribution in [0.25, 0.3) is 0 Å². The Labute approximate surface area is 201 Å². The van der Waals surface area contributed by atoms with Crippen LogP contribution < -0.4 is 0 Å². The SMILES string of the molecule is C[Si](C)=[O+][Si](C)(CCC(F)(F)F)O[Si](C)(CCC(F)(F)F)O[Si](C)(CCC(F)(F)F)O[Si-](C)C. The van der Waals surface area contributed by atoms with Gasteiger partial charge in [-0.15, -0.1) is 9.04 Å². The zero-order chi connectivity index (χ0) is 27.2. The van der Waals surface area contributed by atoms with Crippen LogP contribution in [-0.4, -0.2) is 61.9 Å². The van der Waals surface area contributed by atoms with Crippen molar-refractivity contribution in [3.63, 3.8) is 0 Å². The molecule has 34 heavy (non-hydrogen) atoms. The summed E-state index contributed by atoms with van der Waals surface area (Å²) in [4.78, 5) is 0. The fourth-order valence-electron chi connectivity index (χ4n) is 3.25. The molecule has 0 aliphatic heterocycles. The van der Waals surface area contributed by atoms with E-state index in [0.29, 0.717) is 0 Å². The topological polar surface area (TPSA) is 39.0 Å². The molecule has 0 aromatic heterocycles. The van der Waals surface area contributed by atoms with E-state index in [-0.39, 0.29) is 0 Å². The van der Waals surface area contributed by atoms with Gasteiger partial charge in [0.25, 0.3) is 8.56 Å². The Hall–Kier alpha value is 0.134. The average Bonchev–Trinajstić information content (AvgIpc) is 2.53. The molecule has 0 aliphatic carbocycles. The van der Waals surface area contributed by atoms with Crippen molar-refractivity contribution in [3.8, 4) is 0 Å². The van der Waals surface area contributed by atoms with Crippen molar-refractivity contribution >= 4 is 43.4 Å². The molecule has 0 spiro atoms. The molecule has 0 N–H and O–H groups in total. The summed E-state index contributed by atoms with van der Waals surface area (Å²) in [6, 6.07) is -1.83. The number of halogens is 9. The van der Waals surface area contributed by atoms with E-state index in [1.807, 2.05) is 0 Å². The Balaban J connectivity index is 6.22. The van der Waals surface area contributed by atoms with Gasteiger partial charge in [0.05, 0.1) is 12.5 Å². The van der Waals surface area contributed by atoms with Gasteiger partial charge in [-0.25, -0.2) is 0 Å². The first-order valence-corrected chi connectivity index (χ1v) is 22.8. The number of rotatable bonds is 13. The minimum Gasteiger partial charge on any atom is -0.610 e. The summed E-state index contributed by atoms with van der Waals surface area (Å²) in [5, 5.41) is 0. The Morgan fingerprint density at radius 3 is 1.41 bits per heavy atom. The van der Waals surface area contributed by atoms with Gasteiger partial charge >= 0.3 is 44.3 Å². The van der Waals surface area contributed by atoms with Gasteiger partial charge in [0.15, 0.2) is 0 Å². The van der Waals surface area contributed by atoms with E-state index in [2.05, 4.69) is 0 Å². The molecule has 0 fully saturated rings. The molecule has 204 valence electrons. The third-order valence-electron chi connectivity index (χ3n) is 4.29. The average molecular weight is 601 g/mol. The van der Waals surface area contributed by atoms with Crippen molar-refractivity contribution in [2.24, 2.45) is 0 Å². The minimum absolute atomic E-state index is 0.567. The summed E-state index contributed by atoms with van der Waals surface area (Å²) >= 11 is 0. The first-order valence-electron chi connectivity index (χ1n) is 10.5. The molecular weight excluding hydrogens is 568 g/mol.